The molecule has 1 aromatic rings. The second kappa shape index (κ2) is 5.35. The summed E-state index contributed by atoms with van der Waals surface area (Å²) in [6.45, 7) is 7.98. The summed E-state index contributed by atoms with van der Waals surface area (Å²) in [7, 11) is 0. The Labute approximate surface area is 114 Å². The average molecular weight is 262 g/mol. The molecule has 3 rings (SSSR count). The number of aryl methyl sites for hydroxylation is 1. The zero-order valence-corrected chi connectivity index (χ0v) is 11.5. The van der Waals surface area contributed by atoms with Gasteiger partial charge in [-0.15, -0.1) is 0 Å². The number of nitrogens with two attached hydrogens (primary N) is 1. The normalized spacial score (nSPS) is 24.9. The summed E-state index contributed by atoms with van der Waals surface area (Å²) in [4.78, 5) is 9.51. The number of pyridine rings is 1. The Balaban J connectivity index is 1.66. The van der Waals surface area contributed by atoms with Crippen LogP contribution in [0.3, 0.4) is 0 Å². The van der Waals surface area contributed by atoms with E-state index in [2.05, 4.69) is 14.8 Å². The molecular weight excluding hydrogens is 240 g/mol. The van der Waals surface area contributed by atoms with Gasteiger partial charge in [-0.1, -0.05) is 0 Å². The molecule has 0 saturated carbocycles. The molecule has 0 bridgehead atoms. The number of anilines is 2. The predicted molar refractivity (Wildman–Crippen MR) is 76.4 cm³/mol. The van der Waals surface area contributed by atoms with Crippen molar-refractivity contribution < 1.29 is 4.74 Å². The molecule has 5 nitrogen and oxygen atoms in total. The van der Waals surface area contributed by atoms with E-state index in [1.807, 2.05) is 19.1 Å². The number of rotatable bonds is 2. The highest BCUT2D eigenvalue weighted by Crippen LogP contribution is 2.23. The van der Waals surface area contributed by atoms with Crippen molar-refractivity contribution >= 4 is 11.5 Å². The van der Waals surface area contributed by atoms with E-state index in [1.54, 1.807) is 0 Å². The molecule has 2 saturated heterocycles. The second-order valence-corrected chi connectivity index (χ2v) is 5.38. The molecule has 5 heteroatoms. The van der Waals surface area contributed by atoms with Crippen molar-refractivity contribution in [1.29, 1.82) is 0 Å². The predicted octanol–water partition coefficient (Wildman–Crippen LogP) is 0.883. The lowest BCUT2D eigenvalue weighted by atomic mass is 10.2. The van der Waals surface area contributed by atoms with Crippen molar-refractivity contribution in [3.8, 4) is 0 Å². The van der Waals surface area contributed by atoms with E-state index in [-0.39, 0.29) is 0 Å². The van der Waals surface area contributed by atoms with Gasteiger partial charge in [0.05, 0.1) is 24.6 Å². The molecule has 2 N–H and O–H groups in total. The lowest BCUT2D eigenvalue weighted by Crippen LogP contribution is -2.44. The summed E-state index contributed by atoms with van der Waals surface area (Å²) in [6, 6.07) is 4.63. The molecule has 1 atom stereocenters. The molecule has 0 aliphatic carbocycles. The minimum atomic E-state index is 0.642. The van der Waals surface area contributed by atoms with E-state index in [0.717, 1.165) is 56.6 Å². The summed E-state index contributed by atoms with van der Waals surface area (Å²) < 4.78 is 5.42. The van der Waals surface area contributed by atoms with Crippen LogP contribution in [0.2, 0.25) is 0 Å². The Morgan fingerprint density at radius 3 is 2.79 bits per heavy atom. The highest BCUT2D eigenvalue weighted by Gasteiger charge is 2.29. The first-order valence-corrected chi connectivity index (χ1v) is 7.04. The molecule has 19 heavy (non-hydrogen) atoms. The highest BCUT2D eigenvalue weighted by molar-refractivity contribution is 5.51. The topological polar surface area (TPSA) is 54.6 Å². The SMILES string of the molecule is Cc1nc(N2CCC(N3CCOCC3)C2)ccc1N. The number of ether oxygens (including phenoxy) is 1. The molecule has 104 valence electrons. The molecule has 0 spiro atoms. The van der Waals surface area contributed by atoms with Crippen molar-refractivity contribution in [2.24, 2.45) is 0 Å². The minimum absolute atomic E-state index is 0.642. The maximum atomic E-state index is 5.83. The number of morpholine rings is 1. The molecular formula is C14H22N4O. The van der Waals surface area contributed by atoms with Crippen molar-refractivity contribution in [1.82, 2.24) is 9.88 Å². The van der Waals surface area contributed by atoms with E-state index in [4.69, 9.17) is 10.5 Å². The van der Waals surface area contributed by atoms with Gasteiger partial charge in [-0.05, 0) is 25.5 Å². The van der Waals surface area contributed by atoms with Gasteiger partial charge in [-0.25, -0.2) is 4.98 Å². The number of aromatic nitrogens is 1. The quantitative estimate of drug-likeness (QED) is 0.857. The minimum Gasteiger partial charge on any atom is -0.397 e. The third-order valence-electron chi connectivity index (χ3n) is 4.16. The Hall–Kier alpha value is -1.33. The maximum absolute atomic E-state index is 5.83. The van der Waals surface area contributed by atoms with Crippen LogP contribution in [-0.2, 0) is 4.74 Å². The van der Waals surface area contributed by atoms with Crippen molar-refractivity contribution in [3.05, 3.63) is 17.8 Å². The largest absolute Gasteiger partial charge is 0.397 e. The first kappa shape index (κ1) is 12.7. The van der Waals surface area contributed by atoms with Crippen LogP contribution >= 0.6 is 0 Å². The summed E-state index contributed by atoms with van der Waals surface area (Å²) in [5, 5.41) is 0. The van der Waals surface area contributed by atoms with Gasteiger partial charge in [0.15, 0.2) is 0 Å². The van der Waals surface area contributed by atoms with E-state index in [1.165, 1.54) is 6.42 Å². The van der Waals surface area contributed by atoms with E-state index in [9.17, 15) is 0 Å². The van der Waals surface area contributed by atoms with Crippen LogP contribution in [0, 0.1) is 6.92 Å². The molecule has 2 aliphatic rings. The molecule has 1 unspecified atom stereocenters. The van der Waals surface area contributed by atoms with Crippen molar-refractivity contribution in [3.63, 3.8) is 0 Å². The van der Waals surface area contributed by atoms with Crippen LogP contribution in [0.15, 0.2) is 12.1 Å². The van der Waals surface area contributed by atoms with E-state index in [0.29, 0.717) is 6.04 Å². The van der Waals surface area contributed by atoms with E-state index >= 15 is 0 Å². The summed E-state index contributed by atoms with van der Waals surface area (Å²) in [5.41, 5.74) is 7.52. The highest BCUT2D eigenvalue weighted by atomic mass is 16.5. The van der Waals surface area contributed by atoms with Crippen LogP contribution in [0.25, 0.3) is 0 Å². The molecule has 2 fully saturated rings. The first-order valence-electron chi connectivity index (χ1n) is 7.04. The van der Waals surface area contributed by atoms with Crippen molar-refractivity contribution in [2.45, 2.75) is 19.4 Å². The molecule has 1 aromatic heterocycles. The monoisotopic (exact) mass is 262 g/mol. The van der Waals surface area contributed by atoms with Gasteiger partial charge in [0.1, 0.15) is 5.82 Å². The lowest BCUT2D eigenvalue weighted by Gasteiger charge is -2.32. The third-order valence-corrected chi connectivity index (χ3v) is 4.16. The fourth-order valence-corrected chi connectivity index (χ4v) is 2.93. The Bertz CT molecular complexity index is 445. The third kappa shape index (κ3) is 2.67. The van der Waals surface area contributed by atoms with Crippen LogP contribution in [0.4, 0.5) is 11.5 Å². The zero-order valence-electron chi connectivity index (χ0n) is 11.5. The standard InChI is InChI=1S/C14H22N4O/c1-11-13(15)2-3-14(16-11)18-5-4-12(10-18)17-6-8-19-9-7-17/h2-3,12H,4-10,15H2,1H3. The Morgan fingerprint density at radius 1 is 1.26 bits per heavy atom. The smallest absolute Gasteiger partial charge is 0.129 e. The molecule has 2 aliphatic heterocycles. The molecule has 0 amide bonds. The number of hydrogen-bond donors (Lipinski definition) is 1. The van der Waals surface area contributed by atoms with Crippen LogP contribution in [-0.4, -0.2) is 55.3 Å². The number of nitrogen functional groups attached to an aromatic ring is 1. The average Bonchev–Trinajstić information content (AvgIpc) is 2.93. The van der Waals surface area contributed by atoms with Gasteiger partial charge in [-0.3, -0.25) is 4.90 Å². The lowest BCUT2D eigenvalue weighted by molar-refractivity contribution is 0.0209. The Kier molecular flexibility index (Phi) is 3.57. The Morgan fingerprint density at radius 2 is 2.05 bits per heavy atom. The molecule has 0 aromatic carbocycles. The van der Waals surface area contributed by atoms with Gasteiger partial charge in [0.2, 0.25) is 0 Å². The second-order valence-electron chi connectivity index (χ2n) is 5.38. The first-order chi connectivity index (χ1) is 9.24. The van der Waals surface area contributed by atoms with Crippen LogP contribution in [0.5, 0.6) is 0 Å². The van der Waals surface area contributed by atoms with Crippen LogP contribution in [0.1, 0.15) is 12.1 Å². The summed E-state index contributed by atoms with van der Waals surface area (Å²) in [6.07, 6.45) is 1.21. The van der Waals surface area contributed by atoms with Crippen LogP contribution < -0.4 is 10.6 Å². The summed E-state index contributed by atoms with van der Waals surface area (Å²) in [5.74, 6) is 1.06. The van der Waals surface area contributed by atoms with Gasteiger partial charge in [0.25, 0.3) is 0 Å². The summed E-state index contributed by atoms with van der Waals surface area (Å²) >= 11 is 0. The van der Waals surface area contributed by atoms with Gasteiger partial charge in [-0.2, -0.15) is 0 Å². The van der Waals surface area contributed by atoms with Gasteiger partial charge in [0, 0.05) is 32.2 Å². The van der Waals surface area contributed by atoms with E-state index < -0.39 is 0 Å². The zero-order chi connectivity index (χ0) is 13.2. The maximum Gasteiger partial charge on any atom is 0.129 e. The number of nitrogens with zero attached hydrogens (tertiary/aromatic N) is 3. The van der Waals surface area contributed by atoms with Gasteiger partial charge >= 0.3 is 0 Å². The van der Waals surface area contributed by atoms with Crippen molar-refractivity contribution in [2.75, 3.05) is 50.0 Å². The number of hydrogen-bond acceptors (Lipinski definition) is 5. The fourth-order valence-electron chi connectivity index (χ4n) is 2.93. The molecule has 0 radical (unpaired) electrons. The molecule has 3 heterocycles. The fraction of sp³-hybridized carbons (Fsp3) is 0.643. The van der Waals surface area contributed by atoms with Gasteiger partial charge < -0.3 is 15.4 Å².